The smallest absolute Gasteiger partial charge is 0.143 e. The minimum Gasteiger partial charge on any atom is -0.455 e. The predicted molar refractivity (Wildman–Crippen MR) is 222 cm³/mol. The van der Waals surface area contributed by atoms with E-state index in [4.69, 9.17) is 4.42 Å². The van der Waals surface area contributed by atoms with Gasteiger partial charge in [-0.15, -0.1) is 11.3 Å². The van der Waals surface area contributed by atoms with Crippen molar-refractivity contribution in [2.75, 3.05) is 4.90 Å². The predicted octanol–water partition coefficient (Wildman–Crippen LogP) is 14.6. The second-order valence-corrected chi connectivity index (χ2v) is 15.5. The minimum absolute atomic E-state index is 0.115. The number of furan rings is 1. The van der Waals surface area contributed by atoms with Gasteiger partial charge in [-0.3, -0.25) is 0 Å². The van der Waals surface area contributed by atoms with Crippen molar-refractivity contribution in [1.82, 2.24) is 0 Å². The zero-order chi connectivity index (χ0) is 34.6. The van der Waals surface area contributed by atoms with Crippen molar-refractivity contribution >= 4 is 81.3 Å². The lowest BCUT2D eigenvalue weighted by Gasteiger charge is -2.28. The quantitative estimate of drug-likeness (QED) is 0.184. The van der Waals surface area contributed by atoms with Crippen LogP contribution in [0.5, 0.6) is 0 Å². The topological polar surface area (TPSA) is 16.4 Å². The molecular formula is C49H33NOS. The largest absolute Gasteiger partial charge is 0.455 e. The van der Waals surface area contributed by atoms with E-state index in [-0.39, 0.29) is 5.41 Å². The molecule has 8 aromatic carbocycles. The Labute approximate surface area is 305 Å². The van der Waals surface area contributed by atoms with Gasteiger partial charge in [0.05, 0.1) is 10.4 Å². The van der Waals surface area contributed by atoms with Crippen LogP contribution in [0.4, 0.5) is 17.1 Å². The number of hydrogen-bond acceptors (Lipinski definition) is 3. The van der Waals surface area contributed by atoms with Gasteiger partial charge < -0.3 is 9.32 Å². The van der Waals surface area contributed by atoms with Gasteiger partial charge in [-0.05, 0) is 81.1 Å². The monoisotopic (exact) mass is 683 g/mol. The van der Waals surface area contributed by atoms with Crippen molar-refractivity contribution in [2.45, 2.75) is 19.3 Å². The molecule has 0 spiro atoms. The second kappa shape index (κ2) is 10.9. The van der Waals surface area contributed by atoms with Gasteiger partial charge in [0, 0.05) is 54.7 Å². The van der Waals surface area contributed by atoms with Crippen LogP contribution < -0.4 is 4.90 Å². The summed E-state index contributed by atoms with van der Waals surface area (Å²) in [6.45, 7) is 4.71. The summed E-state index contributed by atoms with van der Waals surface area (Å²) in [5.74, 6) is 0. The maximum atomic E-state index is 6.97. The summed E-state index contributed by atoms with van der Waals surface area (Å²) in [7, 11) is 0. The number of thiophene rings is 1. The molecule has 1 aliphatic carbocycles. The Morgan fingerprint density at radius 2 is 1.23 bits per heavy atom. The van der Waals surface area contributed by atoms with E-state index in [2.05, 4.69) is 183 Å². The maximum absolute atomic E-state index is 6.97. The Hall–Kier alpha value is -6.16. The fraction of sp³-hybridized carbons (Fsp3) is 0.0612. The third kappa shape index (κ3) is 4.17. The molecule has 52 heavy (non-hydrogen) atoms. The van der Waals surface area contributed by atoms with E-state index in [0.717, 1.165) is 50.1 Å². The molecule has 11 rings (SSSR count). The van der Waals surface area contributed by atoms with Gasteiger partial charge in [0.2, 0.25) is 0 Å². The lowest BCUT2D eigenvalue weighted by Crippen LogP contribution is -2.16. The Balaban J connectivity index is 1.18. The van der Waals surface area contributed by atoms with Crippen molar-refractivity contribution in [3.63, 3.8) is 0 Å². The highest BCUT2D eigenvalue weighted by Crippen LogP contribution is 2.52. The normalized spacial score (nSPS) is 13.3. The molecule has 0 unspecified atom stereocenters. The highest BCUT2D eigenvalue weighted by atomic mass is 32.1. The van der Waals surface area contributed by atoms with Gasteiger partial charge in [-0.2, -0.15) is 0 Å². The van der Waals surface area contributed by atoms with Gasteiger partial charge >= 0.3 is 0 Å². The van der Waals surface area contributed by atoms with Crippen molar-refractivity contribution in [1.29, 1.82) is 0 Å². The van der Waals surface area contributed by atoms with Crippen molar-refractivity contribution in [3.8, 4) is 22.3 Å². The standard InChI is InChI=1S/C49H33NOS/c1-49(2)41-20-10-8-17-35(41)36-25-23-32(28-42(36)49)50(43-21-12-19-39-38-18-9-11-22-45(38)52-48(39)43)33-24-26-37-40-27-31-15-6-7-16-34(31)46(30-13-4-3-5-14-30)47(40)51-44(37)29-33/h3-29H,1-2H3. The van der Waals surface area contributed by atoms with Crippen LogP contribution in [-0.4, -0.2) is 0 Å². The molecule has 0 atom stereocenters. The summed E-state index contributed by atoms with van der Waals surface area (Å²) in [4.78, 5) is 2.44. The van der Waals surface area contributed by atoms with Crippen LogP contribution in [0.3, 0.4) is 0 Å². The summed E-state index contributed by atoms with van der Waals surface area (Å²) in [6, 6.07) is 59.7. The van der Waals surface area contributed by atoms with Crippen LogP contribution in [0.1, 0.15) is 25.0 Å². The zero-order valence-electron chi connectivity index (χ0n) is 28.9. The maximum Gasteiger partial charge on any atom is 0.143 e. The molecule has 246 valence electrons. The van der Waals surface area contributed by atoms with Crippen LogP contribution in [0.25, 0.3) is 75.1 Å². The number of benzene rings is 8. The van der Waals surface area contributed by atoms with Gasteiger partial charge in [0.25, 0.3) is 0 Å². The van der Waals surface area contributed by atoms with E-state index in [1.807, 2.05) is 11.3 Å². The van der Waals surface area contributed by atoms with Crippen LogP contribution in [0, 0.1) is 0 Å². The molecule has 1 aliphatic rings. The van der Waals surface area contributed by atoms with Crippen molar-refractivity contribution in [2.24, 2.45) is 0 Å². The molecule has 0 saturated heterocycles. The molecule has 0 amide bonds. The molecule has 3 heteroatoms. The molecule has 0 N–H and O–H groups in total. The SMILES string of the molecule is CC1(C)c2ccccc2-c2ccc(N(c3ccc4c(c3)oc3c(-c5ccccc5)c5ccccc5cc34)c3cccc4c3sc3ccccc34)cc21. The third-order valence-corrected chi connectivity index (χ3v) is 12.4. The average molecular weight is 684 g/mol. The van der Waals surface area contributed by atoms with Crippen molar-refractivity contribution in [3.05, 3.63) is 175 Å². The molecular weight excluding hydrogens is 651 g/mol. The van der Waals surface area contributed by atoms with Gasteiger partial charge in [0.1, 0.15) is 11.2 Å². The number of rotatable bonds is 4. The Kier molecular flexibility index (Phi) is 6.21. The highest BCUT2D eigenvalue weighted by Gasteiger charge is 2.36. The first-order valence-electron chi connectivity index (χ1n) is 17.9. The molecule has 2 aromatic heterocycles. The van der Waals surface area contributed by atoms with Crippen molar-refractivity contribution < 1.29 is 4.42 Å². The Bertz CT molecular complexity index is 3060. The second-order valence-electron chi connectivity index (χ2n) is 14.5. The van der Waals surface area contributed by atoms with Crippen LogP contribution >= 0.6 is 11.3 Å². The summed E-state index contributed by atoms with van der Waals surface area (Å²) < 4.78 is 9.54. The fourth-order valence-corrected chi connectivity index (χ4v) is 9.97. The fourth-order valence-electron chi connectivity index (χ4n) is 8.76. The summed E-state index contributed by atoms with van der Waals surface area (Å²) in [5.41, 5.74) is 12.7. The van der Waals surface area contributed by atoms with Gasteiger partial charge in [0.15, 0.2) is 0 Å². The number of fused-ring (bicyclic) bond motifs is 10. The van der Waals surface area contributed by atoms with Gasteiger partial charge in [-0.25, -0.2) is 0 Å². The van der Waals surface area contributed by atoms with Crippen LogP contribution in [-0.2, 0) is 5.41 Å². The Morgan fingerprint density at radius 1 is 0.519 bits per heavy atom. The van der Waals surface area contributed by atoms with Gasteiger partial charge in [-0.1, -0.05) is 129 Å². The van der Waals surface area contributed by atoms with E-state index in [1.54, 1.807) is 0 Å². The summed E-state index contributed by atoms with van der Waals surface area (Å²) in [5, 5.41) is 7.23. The summed E-state index contributed by atoms with van der Waals surface area (Å²) >= 11 is 1.86. The molecule has 2 heterocycles. The lowest BCUT2D eigenvalue weighted by atomic mass is 9.82. The van der Waals surface area contributed by atoms with E-state index in [9.17, 15) is 0 Å². The van der Waals surface area contributed by atoms with E-state index < -0.39 is 0 Å². The van der Waals surface area contributed by atoms with E-state index in [0.29, 0.717) is 0 Å². The van der Waals surface area contributed by atoms with E-state index in [1.165, 1.54) is 53.2 Å². The molecule has 0 fully saturated rings. The first-order valence-corrected chi connectivity index (χ1v) is 18.7. The third-order valence-electron chi connectivity index (χ3n) is 11.2. The van der Waals surface area contributed by atoms with E-state index >= 15 is 0 Å². The number of anilines is 3. The molecule has 2 nitrogen and oxygen atoms in total. The molecule has 0 bridgehead atoms. The van der Waals surface area contributed by atoms with Crippen LogP contribution in [0.2, 0.25) is 0 Å². The lowest BCUT2D eigenvalue weighted by molar-refractivity contribution is 0.660. The first-order chi connectivity index (χ1) is 25.5. The highest BCUT2D eigenvalue weighted by molar-refractivity contribution is 7.26. The molecule has 0 saturated carbocycles. The molecule has 0 aliphatic heterocycles. The van der Waals surface area contributed by atoms with Crippen LogP contribution in [0.15, 0.2) is 168 Å². The minimum atomic E-state index is -0.115. The number of nitrogens with zero attached hydrogens (tertiary/aromatic N) is 1. The zero-order valence-corrected chi connectivity index (χ0v) is 29.7. The average Bonchev–Trinajstić information content (AvgIpc) is 3.82. The molecule has 10 aromatic rings. The number of hydrogen-bond donors (Lipinski definition) is 0. The molecule has 0 radical (unpaired) electrons. The Morgan fingerprint density at radius 3 is 2.13 bits per heavy atom. The summed E-state index contributed by atoms with van der Waals surface area (Å²) in [6.07, 6.45) is 0. The first kappa shape index (κ1) is 29.6.